The zero-order chi connectivity index (χ0) is 18.5. The second-order valence-corrected chi connectivity index (χ2v) is 6.34. The molecule has 2 atom stereocenters. The van der Waals surface area contributed by atoms with E-state index in [0.717, 1.165) is 0 Å². The highest BCUT2D eigenvalue weighted by Crippen LogP contribution is 2.15. The van der Waals surface area contributed by atoms with E-state index >= 15 is 0 Å². The molecule has 0 aromatic heterocycles. The van der Waals surface area contributed by atoms with Crippen molar-refractivity contribution in [2.75, 3.05) is 6.54 Å². The third-order valence-corrected chi connectivity index (χ3v) is 3.28. The van der Waals surface area contributed by atoms with E-state index in [1.54, 1.807) is 0 Å². The first-order valence-electron chi connectivity index (χ1n) is 8.64. The van der Waals surface area contributed by atoms with Gasteiger partial charge >= 0.3 is 18.0 Å². The second kappa shape index (κ2) is 12.6. The molecular weight excluding hydrogens is 314 g/mol. The highest BCUT2D eigenvalue weighted by molar-refractivity contribution is 5.70. The van der Waals surface area contributed by atoms with Crippen molar-refractivity contribution in [1.29, 1.82) is 0 Å². The van der Waals surface area contributed by atoms with Crippen LogP contribution in [0.15, 0.2) is 0 Å². The van der Waals surface area contributed by atoms with Gasteiger partial charge in [-0.2, -0.15) is 0 Å². The summed E-state index contributed by atoms with van der Waals surface area (Å²) < 4.78 is 10.2. The van der Waals surface area contributed by atoms with Gasteiger partial charge in [0.05, 0.1) is 0 Å². The lowest BCUT2D eigenvalue weighted by Crippen LogP contribution is -2.35. The third kappa shape index (κ3) is 11.7. The molecule has 140 valence electrons. The van der Waals surface area contributed by atoms with Crippen LogP contribution in [0.2, 0.25) is 0 Å². The molecule has 0 saturated heterocycles. The summed E-state index contributed by atoms with van der Waals surface area (Å²) in [6.07, 6.45) is 1.14. The second-order valence-electron chi connectivity index (χ2n) is 6.34. The molecule has 1 amide bonds. The Labute approximate surface area is 144 Å². The number of hydrogen-bond acceptors (Lipinski definition) is 5. The molecule has 0 aliphatic rings. The SMILES string of the molecule is CCCC(=O)OC(CCC)OC(=O)NCC(CC(=O)O)CC(C)C. The third-order valence-electron chi connectivity index (χ3n) is 3.28. The highest BCUT2D eigenvalue weighted by atomic mass is 16.7. The van der Waals surface area contributed by atoms with Crippen LogP contribution in [0.25, 0.3) is 0 Å². The fourth-order valence-corrected chi connectivity index (χ4v) is 2.33. The number of rotatable bonds is 12. The maximum absolute atomic E-state index is 11.9. The van der Waals surface area contributed by atoms with E-state index in [0.29, 0.717) is 31.6 Å². The smallest absolute Gasteiger partial charge is 0.410 e. The Bertz CT molecular complexity index is 397. The minimum atomic E-state index is -0.905. The Morgan fingerprint density at radius 2 is 1.75 bits per heavy atom. The van der Waals surface area contributed by atoms with Crippen molar-refractivity contribution in [3.8, 4) is 0 Å². The zero-order valence-corrected chi connectivity index (χ0v) is 15.2. The summed E-state index contributed by atoms with van der Waals surface area (Å²) in [5.41, 5.74) is 0. The molecule has 7 nitrogen and oxygen atoms in total. The number of carbonyl (C=O) groups excluding carboxylic acids is 2. The average Bonchev–Trinajstić information content (AvgIpc) is 2.44. The fraction of sp³-hybridized carbons (Fsp3) is 0.824. The molecule has 0 bridgehead atoms. The highest BCUT2D eigenvalue weighted by Gasteiger charge is 2.20. The first kappa shape index (κ1) is 22.2. The summed E-state index contributed by atoms with van der Waals surface area (Å²) >= 11 is 0. The molecule has 0 radical (unpaired) electrons. The van der Waals surface area contributed by atoms with Crippen molar-refractivity contribution in [2.45, 2.75) is 72.5 Å². The minimum Gasteiger partial charge on any atom is -0.481 e. The topological polar surface area (TPSA) is 102 Å². The van der Waals surface area contributed by atoms with E-state index in [1.165, 1.54) is 0 Å². The maximum atomic E-state index is 11.9. The lowest BCUT2D eigenvalue weighted by Gasteiger charge is -2.20. The van der Waals surface area contributed by atoms with E-state index in [-0.39, 0.29) is 25.3 Å². The van der Waals surface area contributed by atoms with Crippen LogP contribution >= 0.6 is 0 Å². The van der Waals surface area contributed by atoms with Crippen molar-refractivity contribution >= 4 is 18.0 Å². The number of ether oxygens (including phenoxy) is 2. The standard InChI is InChI=1S/C17H31NO6/c1-5-7-15(21)23-16(8-6-2)24-17(22)18-11-13(9-12(3)4)10-14(19)20/h12-13,16H,5-11H2,1-4H3,(H,18,22)(H,19,20). The number of carboxylic acid groups (broad SMARTS) is 1. The van der Waals surface area contributed by atoms with Gasteiger partial charge in [-0.05, 0) is 31.1 Å². The van der Waals surface area contributed by atoms with Crippen LogP contribution in [0.4, 0.5) is 4.79 Å². The van der Waals surface area contributed by atoms with Crippen LogP contribution in [0, 0.1) is 11.8 Å². The quantitative estimate of drug-likeness (QED) is 0.415. The molecule has 24 heavy (non-hydrogen) atoms. The number of amides is 1. The normalized spacial score (nSPS) is 13.2. The molecule has 0 spiro atoms. The molecule has 0 fully saturated rings. The van der Waals surface area contributed by atoms with Gasteiger partial charge in [-0.25, -0.2) is 4.79 Å². The summed E-state index contributed by atoms with van der Waals surface area (Å²) in [6, 6.07) is 0. The molecule has 0 heterocycles. The molecule has 0 saturated carbocycles. The van der Waals surface area contributed by atoms with Crippen LogP contribution < -0.4 is 5.32 Å². The van der Waals surface area contributed by atoms with Gasteiger partial charge in [-0.3, -0.25) is 9.59 Å². The zero-order valence-electron chi connectivity index (χ0n) is 15.2. The number of carboxylic acids is 1. The predicted molar refractivity (Wildman–Crippen MR) is 89.4 cm³/mol. The van der Waals surface area contributed by atoms with Crippen molar-refractivity contribution in [2.24, 2.45) is 11.8 Å². The molecule has 0 rings (SSSR count). The molecule has 2 unspecified atom stereocenters. The number of aliphatic carboxylic acids is 1. The summed E-state index contributed by atoms with van der Waals surface area (Å²) in [4.78, 5) is 34.3. The summed E-state index contributed by atoms with van der Waals surface area (Å²) in [5.74, 6) is -1.13. The first-order chi connectivity index (χ1) is 11.3. The number of esters is 1. The summed E-state index contributed by atoms with van der Waals surface area (Å²) in [7, 11) is 0. The summed E-state index contributed by atoms with van der Waals surface area (Å²) in [5, 5.41) is 11.5. The van der Waals surface area contributed by atoms with Gasteiger partial charge in [0, 0.05) is 25.8 Å². The van der Waals surface area contributed by atoms with E-state index in [2.05, 4.69) is 5.32 Å². The number of carbonyl (C=O) groups is 3. The maximum Gasteiger partial charge on any atom is 0.410 e. The molecule has 0 aliphatic carbocycles. The molecule has 0 aromatic rings. The largest absolute Gasteiger partial charge is 0.481 e. The number of hydrogen-bond donors (Lipinski definition) is 2. The van der Waals surface area contributed by atoms with Gasteiger partial charge in [0.2, 0.25) is 6.29 Å². The molecular formula is C17H31NO6. The van der Waals surface area contributed by atoms with Crippen LogP contribution in [0.1, 0.15) is 66.2 Å². The Morgan fingerprint density at radius 1 is 1.08 bits per heavy atom. The van der Waals surface area contributed by atoms with E-state index in [4.69, 9.17) is 14.6 Å². The molecule has 7 heteroatoms. The van der Waals surface area contributed by atoms with Gasteiger partial charge in [0.15, 0.2) is 0 Å². The lowest BCUT2D eigenvalue weighted by atomic mass is 9.94. The van der Waals surface area contributed by atoms with Crippen LogP contribution in [-0.2, 0) is 19.1 Å². The Kier molecular flexibility index (Phi) is 11.7. The van der Waals surface area contributed by atoms with E-state index in [1.807, 2.05) is 27.7 Å². The van der Waals surface area contributed by atoms with Gasteiger partial charge in [-0.1, -0.05) is 27.7 Å². The van der Waals surface area contributed by atoms with Crippen molar-refractivity contribution < 1.29 is 29.0 Å². The van der Waals surface area contributed by atoms with Crippen molar-refractivity contribution in [1.82, 2.24) is 5.32 Å². The number of alkyl carbamates (subject to hydrolysis) is 1. The lowest BCUT2D eigenvalue weighted by molar-refractivity contribution is -0.168. The van der Waals surface area contributed by atoms with Gasteiger partial charge < -0.3 is 19.9 Å². The Hall–Kier alpha value is -1.79. The minimum absolute atomic E-state index is 0.0116. The molecule has 0 aromatic carbocycles. The fourth-order valence-electron chi connectivity index (χ4n) is 2.33. The van der Waals surface area contributed by atoms with Crippen LogP contribution in [0.5, 0.6) is 0 Å². The Morgan fingerprint density at radius 3 is 2.25 bits per heavy atom. The van der Waals surface area contributed by atoms with Crippen molar-refractivity contribution in [3.63, 3.8) is 0 Å². The molecule has 2 N–H and O–H groups in total. The van der Waals surface area contributed by atoms with Gasteiger partial charge in [-0.15, -0.1) is 0 Å². The van der Waals surface area contributed by atoms with Gasteiger partial charge in [0.1, 0.15) is 0 Å². The first-order valence-corrected chi connectivity index (χ1v) is 8.64. The monoisotopic (exact) mass is 345 g/mol. The van der Waals surface area contributed by atoms with Crippen LogP contribution in [-0.4, -0.2) is 36.0 Å². The number of nitrogens with one attached hydrogen (secondary N) is 1. The molecule has 0 aliphatic heterocycles. The predicted octanol–water partition coefficient (Wildman–Crippen LogP) is 3.32. The van der Waals surface area contributed by atoms with Crippen LogP contribution in [0.3, 0.4) is 0 Å². The Balaban J connectivity index is 4.42. The summed E-state index contributed by atoms with van der Waals surface area (Å²) in [6.45, 7) is 7.97. The van der Waals surface area contributed by atoms with Gasteiger partial charge in [0.25, 0.3) is 0 Å². The van der Waals surface area contributed by atoms with E-state index in [9.17, 15) is 14.4 Å². The average molecular weight is 345 g/mol. The van der Waals surface area contributed by atoms with Crippen molar-refractivity contribution in [3.05, 3.63) is 0 Å². The van der Waals surface area contributed by atoms with E-state index < -0.39 is 24.3 Å².